The Morgan fingerprint density at radius 1 is 0.275 bits per heavy atom. The second kappa shape index (κ2) is 14.4. The highest BCUT2D eigenvalue weighted by atomic mass is 16.3. The van der Waals surface area contributed by atoms with Crippen LogP contribution in [0.25, 0.3) is 123 Å². The van der Waals surface area contributed by atoms with Crippen molar-refractivity contribution in [1.29, 1.82) is 0 Å². The second-order valence-corrected chi connectivity index (χ2v) is 18.1. The Kier molecular flexibility index (Phi) is 7.93. The molecule has 1 spiro atoms. The van der Waals surface area contributed by atoms with E-state index in [9.17, 15) is 0 Å². The number of hydrogen-bond donors (Lipinski definition) is 0. The van der Waals surface area contributed by atoms with E-state index in [1.165, 1.54) is 44.5 Å². The molecule has 13 aromatic rings. The third kappa shape index (κ3) is 5.38. The van der Waals surface area contributed by atoms with Crippen LogP contribution < -0.4 is 0 Å². The van der Waals surface area contributed by atoms with Crippen LogP contribution in [0.2, 0.25) is 0 Å². The fourth-order valence-corrected chi connectivity index (χ4v) is 11.7. The summed E-state index contributed by atoms with van der Waals surface area (Å²) in [6, 6.07) is 79.4. The molecule has 3 aromatic heterocycles. The lowest BCUT2D eigenvalue weighted by Gasteiger charge is -2.31. The Hall–Kier alpha value is -9.19. The zero-order valence-electron chi connectivity index (χ0n) is 37.0. The summed E-state index contributed by atoms with van der Waals surface area (Å²) < 4.78 is 13.6. The van der Waals surface area contributed by atoms with Crippen LogP contribution in [0, 0.1) is 0 Å². The third-order valence-electron chi connectivity index (χ3n) is 14.6. The standard InChI is InChI=1S/C64H37N3O2/c1-3-17-38(18-4-1)41-21-7-9-26-47(41)62-65-61(66-63(67-62)48-27-10-8-22-42(48)39-19-5-2-6-20-39)40-31-33-56-51(35-40)59-57(68-56)34-32-46-49-36-50-45-25-13-16-30-55(45)69-58(50)37-54(49)64(60(46)59)52-28-14-11-23-43(52)44-24-12-15-29-53(44)64/h1-37H. The van der Waals surface area contributed by atoms with E-state index in [1.807, 2.05) is 18.2 Å². The minimum absolute atomic E-state index is 0.575. The molecular formula is C64H37N3O2. The molecule has 15 rings (SSSR count). The lowest BCUT2D eigenvalue weighted by molar-refractivity contribution is 0.666. The van der Waals surface area contributed by atoms with Crippen molar-refractivity contribution in [3.8, 4) is 78.7 Å². The largest absolute Gasteiger partial charge is 0.456 e. The van der Waals surface area contributed by atoms with E-state index in [2.05, 4.69) is 206 Å². The van der Waals surface area contributed by atoms with Gasteiger partial charge in [-0.05, 0) is 109 Å². The molecule has 69 heavy (non-hydrogen) atoms. The van der Waals surface area contributed by atoms with Crippen LogP contribution in [0.3, 0.4) is 0 Å². The second-order valence-electron chi connectivity index (χ2n) is 18.1. The van der Waals surface area contributed by atoms with E-state index in [4.69, 9.17) is 23.8 Å². The van der Waals surface area contributed by atoms with Gasteiger partial charge in [0, 0.05) is 38.2 Å². The van der Waals surface area contributed by atoms with Crippen molar-refractivity contribution < 1.29 is 8.83 Å². The number of para-hydroxylation sites is 1. The Morgan fingerprint density at radius 2 is 0.783 bits per heavy atom. The zero-order chi connectivity index (χ0) is 45.2. The Labute approximate surface area is 396 Å². The molecule has 2 aliphatic rings. The zero-order valence-corrected chi connectivity index (χ0v) is 37.0. The number of furan rings is 2. The highest BCUT2D eigenvalue weighted by Crippen LogP contribution is 2.65. The molecule has 0 saturated heterocycles. The van der Waals surface area contributed by atoms with Crippen LogP contribution in [0.5, 0.6) is 0 Å². The summed E-state index contributed by atoms with van der Waals surface area (Å²) in [6.45, 7) is 0. The van der Waals surface area contributed by atoms with E-state index < -0.39 is 5.41 Å². The fourth-order valence-electron chi connectivity index (χ4n) is 11.7. The molecule has 0 saturated carbocycles. The van der Waals surface area contributed by atoms with Crippen molar-refractivity contribution >= 4 is 43.9 Å². The number of aromatic nitrogens is 3. The SMILES string of the molecule is c1ccc(-c2ccccc2-c2nc(-c3ccc4oc5ccc6c(c5c4c3)C3(c4ccccc4-c4ccccc43)c3cc4oc5ccccc5c4cc3-6)nc(-c3ccccc3-c3ccccc3)n2)cc1. The average Bonchev–Trinajstić information content (AvgIpc) is 4.15. The van der Waals surface area contributed by atoms with Gasteiger partial charge in [-0.1, -0.05) is 182 Å². The van der Waals surface area contributed by atoms with Crippen molar-refractivity contribution in [1.82, 2.24) is 15.0 Å². The molecule has 0 unspecified atom stereocenters. The van der Waals surface area contributed by atoms with Gasteiger partial charge in [-0.25, -0.2) is 15.0 Å². The maximum Gasteiger partial charge on any atom is 0.164 e. The van der Waals surface area contributed by atoms with Gasteiger partial charge in [-0.3, -0.25) is 0 Å². The first-order valence-corrected chi connectivity index (χ1v) is 23.4. The predicted molar refractivity (Wildman–Crippen MR) is 278 cm³/mol. The van der Waals surface area contributed by atoms with Crippen molar-refractivity contribution in [3.05, 3.63) is 247 Å². The first kappa shape index (κ1) is 38.0. The Balaban J connectivity index is 1.01. The third-order valence-corrected chi connectivity index (χ3v) is 14.6. The summed E-state index contributed by atoms with van der Waals surface area (Å²) in [5.41, 5.74) is 19.5. The number of fused-ring (bicyclic) bond motifs is 17. The molecule has 0 amide bonds. The minimum atomic E-state index is -0.660. The van der Waals surface area contributed by atoms with Crippen molar-refractivity contribution in [2.75, 3.05) is 0 Å². The molecule has 10 aromatic carbocycles. The number of nitrogens with zero attached hydrogens (tertiary/aromatic N) is 3. The molecule has 0 aliphatic heterocycles. The average molecular weight is 880 g/mol. The van der Waals surface area contributed by atoms with Crippen LogP contribution in [-0.2, 0) is 5.41 Å². The van der Waals surface area contributed by atoms with Crippen LogP contribution in [0.15, 0.2) is 233 Å². The Morgan fingerprint density at radius 3 is 1.43 bits per heavy atom. The fraction of sp³-hybridized carbons (Fsp3) is 0.0156. The van der Waals surface area contributed by atoms with Gasteiger partial charge in [-0.15, -0.1) is 0 Å². The van der Waals surface area contributed by atoms with Gasteiger partial charge in [0.25, 0.3) is 0 Å². The number of rotatable bonds is 5. The molecule has 320 valence electrons. The van der Waals surface area contributed by atoms with Gasteiger partial charge in [0.05, 0.1) is 5.41 Å². The number of benzene rings is 10. The van der Waals surface area contributed by atoms with Crippen LogP contribution in [0.4, 0.5) is 0 Å². The molecule has 5 nitrogen and oxygen atoms in total. The molecule has 0 bridgehead atoms. The molecule has 3 heterocycles. The van der Waals surface area contributed by atoms with Gasteiger partial charge in [-0.2, -0.15) is 0 Å². The molecule has 0 fully saturated rings. The highest BCUT2D eigenvalue weighted by Gasteiger charge is 2.53. The first-order chi connectivity index (χ1) is 34.2. The monoisotopic (exact) mass is 879 g/mol. The van der Waals surface area contributed by atoms with Gasteiger partial charge in [0.1, 0.15) is 22.3 Å². The van der Waals surface area contributed by atoms with Crippen molar-refractivity contribution in [2.24, 2.45) is 0 Å². The quantitative estimate of drug-likeness (QED) is 0.172. The van der Waals surface area contributed by atoms with Crippen LogP contribution in [0.1, 0.15) is 22.3 Å². The maximum absolute atomic E-state index is 6.91. The van der Waals surface area contributed by atoms with E-state index >= 15 is 0 Å². The number of hydrogen-bond acceptors (Lipinski definition) is 5. The normalized spacial score (nSPS) is 13.0. The molecule has 0 atom stereocenters. The Bertz CT molecular complexity index is 4110. The molecule has 5 heteroatoms. The summed E-state index contributed by atoms with van der Waals surface area (Å²) >= 11 is 0. The molecule has 0 N–H and O–H groups in total. The highest BCUT2D eigenvalue weighted by molar-refractivity contribution is 6.16. The van der Waals surface area contributed by atoms with E-state index in [-0.39, 0.29) is 0 Å². The summed E-state index contributed by atoms with van der Waals surface area (Å²) in [4.78, 5) is 16.1. The first-order valence-electron chi connectivity index (χ1n) is 23.4. The maximum atomic E-state index is 6.91. The van der Waals surface area contributed by atoms with Gasteiger partial charge >= 0.3 is 0 Å². The van der Waals surface area contributed by atoms with E-state index in [1.54, 1.807) is 0 Å². The molecule has 0 radical (unpaired) electrons. The van der Waals surface area contributed by atoms with Gasteiger partial charge in [0.2, 0.25) is 0 Å². The smallest absolute Gasteiger partial charge is 0.164 e. The molecule has 2 aliphatic carbocycles. The minimum Gasteiger partial charge on any atom is -0.456 e. The summed E-state index contributed by atoms with van der Waals surface area (Å²) in [5, 5.41) is 4.29. The van der Waals surface area contributed by atoms with Gasteiger partial charge < -0.3 is 8.83 Å². The predicted octanol–water partition coefficient (Wildman–Crippen LogP) is 16.3. The molecular weight excluding hydrogens is 843 g/mol. The van der Waals surface area contributed by atoms with Crippen LogP contribution >= 0.6 is 0 Å². The van der Waals surface area contributed by atoms with Crippen LogP contribution in [-0.4, -0.2) is 15.0 Å². The van der Waals surface area contributed by atoms with E-state index in [0.29, 0.717) is 17.5 Å². The van der Waals surface area contributed by atoms with E-state index in [0.717, 1.165) is 82.8 Å². The summed E-state index contributed by atoms with van der Waals surface area (Å²) in [5.74, 6) is 1.77. The topological polar surface area (TPSA) is 65.0 Å². The summed E-state index contributed by atoms with van der Waals surface area (Å²) in [7, 11) is 0. The van der Waals surface area contributed by atoms with Crippen molar-refractivity contribution in [3.63, 3.8) is 0 Å². The lowest BCUT2D eigenvalue weighted by Crippen LogP contribution is -2.26. The lowest BCUT2D eigenvalue weighted by atomic mass is 9.69. The summed E-state index contributed by atoms with van der Waals surface area (Å²) in [6.07, 6.45) is 0. The van der Waals surface area contributed by atoms with Crippen molar-refractivity contribution in [2.45, 2.75) is 5.41 Å². The van der Waals surface area contributed by atoms with Gasteiger partial charge in [0.15, 0.2) is 17.5 Å².